The van der Waals surface area contributed by atoms with Crippen molar-refractivity contribution >= 4 is 23.5 Å². The maximum absolute atomic E-state index is 12.1. The Labute approximate surface area is 126 Å². The van der Waals surface area contributed by atoms with Crippen molar-refractivity contribution in [3.05, 3.63) is 22.7 Å². The second-order valence-electron chi connectivity index (χ2n) is 4.01. The van der Waals surface area contributed by atoms with E-state index in [0.717, 1.165) is 0 Å². The number of rotatable bonds is 7. The number of amides is 1. The Hall–Kier alpha value is -1.99. The van der Waals surface area contributed by atoms with Gasteiger partial charge in [0.15, 0.2) is 17.5 Å². The van der Waals surface area contributed by atoms with Crippen LogP contribution in [-0.4, -0.2) is 51.0 Å². The van der Waals surface area contributed by atoms with Crippen molar-refractivity contribution in [1.82, 2.24) is 5.32 Å². The molecule has 8 heteroatoms. The zero-order chi connectivity index (χ0) is 16.0. The number of aliphatic carboxylic acids is 1. The molecule has 0 aliphatic carbocycles. The Morgan fingerprint density at radius 2 is 1.95 bits per heavy atom. The van der Waals surface area contributed by atoms with Gasteiger partial charge in [-0.15, -0.1) is 0 Å². The summed E-state index contributed by atoms with van der Waals surface area (Å²) in [6.07, 6.45) is 0. The van der Waals surface area contributed by atoms with Crippen molar-refractivity contribution in [2.24, 2.45) is 0 Å². The molecule has 0 spiro atoms. The van der Waals surface area contributed by atoms with Crippen LogP contribution in [0, 0.1) is 0 Å². The van der Waals surface area contributed by atoms with Gasteiger partial charge in [0.1, 0.15) is 0 Å². The maximum atomic E-state index is 12.1. The van der Waals surface area contributed by atoms with Crippen LogP contribution in [-0.2, 0) is 9.53 Å². The van der Waals surface area contributed by atoms with E-state index < -0.39 is 17.9 Å². The Kier molecular flexibility index (Phi) is 6.26. The van der Waals surface area contributed by atoms with E-state index in [1.807, 2.05) is 0 Å². The average molecular weight is 318 g/mol. The lowest BCUT2D eigenvalue weighted by atomic mass is 10.1. The van der Waals surface area contributed by atoms with E-state index in [1.165, 1.54) is 33.5 Å². The number of ether oxygens (including phenoxy) is 3. The second-order valence-corrected chi connectivity index (χ2v) is 4.42. The summed E-state index contributed by atoms with van der Waals surface area (Å²) >= 11 is 5.99. The van der Waals surface area contributed by atoms with Gasteiger partial charge in [-0.3, -0.25) is 4.79 Å². The van der Waals surface area contributed by atoms with Crippen LogP contribution in [0.5, 0.6) is 11.5 Å². The normalized spacial score (nSPS) is 11.6. The Bertz CT molecular complexity index is 534. The third-order valence-electron chi connectivity index (χ3n) is 2.63. The molecule has 0 aromatic heterocycles. The summed E-state index contributed by atoms with van der Waals surface area (Å²) in [4.78, 5) is 23.1. The summed E-state index contributed by atoms with van der Waals surface area (Å²) in [5.74, 6) is -1.24. The molecule has 1 rings (SSSR count). The van der Waals surface area contributed by atoms with Crippen molar-refractivity contribution < 1.29 is 28.9 Å². The molecular weight excluding hydrogens is 302 g/mol. The first kappa shape index (κ1) is 17.1. The molecule has 0 bridgehead atoms. The highest BCUT2D eigenvalue weighted by atomic mass is 35.5. The number of hydrogen-bond acceptors (Lipinski definition) is 5. The Morgan fingerprint density at radius 1 is 1.29 bits per heavy atom. The molecule has 0 aliphatic rings. The first-order chi connectivity index (χ1) is 9.94. The summed E-state index contributed by atoms with van der Waals surface area (Å²) in [7, 11) is 4.17. The molecule has 7 nitrogen and oxygen atoms in total. The van der Waals surface area contributed by atoms with Gasteiger partial charge >= 0.3 is 5.97 Å². The number of halogens is 1. The minimum atomic E-state index is -1.20. The van der Waals surface area contributed by atoms with Gasteiger partial charge in [-0.25, -0.2) is 4.79 Å². The largest absolute Gasteiger partial charge is 0.493 e. The summed E-state index contributed by atoms with van der Waals surface area (Å²) in [5.41, 5.74) is 0.153. The maximum Gasteiger partial charge on any atom is 0.328 e. The van der Waals surface area contributed by atoms with E-state index in [1.54, 1.807) is 0 Å². The molecule has 21 heavy (non-hydrogen) atoms. The van der Waals surface area contributed by atoms with Gasteiger partial charge in [0.05, 0.1) is 25.8 Å². The molecule has 1 aromatic rings. The number of carboxylic acid groups (broad SMARTS) is 1. The highest BCUT2D eigenvalue weighted by molar-refractivity contribution is 6.32. The fourth-order valence-corrected chi connectivity index (χ4v) is 1.92. The van der Waals surface area contributed by atoms with Gasteiger partial charge in [-0.2, -0.15) is 0 Å². The molecule has 0 aliphatic heterocycles. The predicted octanol–water partition coefficient (Wildman–Crippen LogP) is 1.19. The second kappa shape index (κ2) is 7.70. The first-order valence-electron chi connectivity index (χ1n) is 5.88. The van der Waals surface area contributed by atoms with E-state index in [2.05, 4.69) is 5.32 Å². The number of carbonyl (C=O) groups excluding carboxylic acids is 1. The average Bonchev–Trinajstić information content (AvgIpc) is 2.45. The molecule has 1 amide bonds. The highest BCUT2D eigenvalue weighted by Crippen LogP contribution is 2.35. The molecule has 1 unspecified atom stereocenters. The number of carbonyl (C=O) groups is 2. The van der Waals surface area contributed by atoms with Crippen molar-refractivity contribution in [3.8, 4) is 11.5 Å². The highest BCUT2D eigenvalue weighted by Gasteiger charge is 2.22. The molecule has 0 heterocycles. The number of hydrogen-bond donors (Lipinski definition) is 2. The van der Waals surface area contributed by atoms with Gasteiger partial charge in [-0.05, 0) is 12.1 Å². The smallest absolute Gasteiger partial charge is 0.328 e. The van der Waals surface area contributed by atoms with Crippen molar-refractivity contribution in [3.63, 3.8) is 0 Å². The van der Waals surface area contributed by atoms with E-state index >= 15 is 0 Å². The molecule has 116 valence electrons. The van der Waals surface area contributed by atoms with E-state index in [4.69, 9.17) is 30.9 Å². The minimum Gasteiger partial charge on any atom is -0.493 e. The lowest BCUT2D eigenvalue weighted by Crippen LogP contribution is -2.43. The lowest BCUT2D eigenvalue weighted by Gasteiger charge is -2.15. The van der Waals surface area contributed by atoms with E-state index in [0.29, 0.717) is 5.75 Å². The zero-order valence-corrected chi connectivity index (χ0v) is 12.6. The molecule has 0 saturated carbocycles. The van der Waals surface area contributed by atoms with Gasteiger partial charge < -0.3 is 24.6 Å². The van der Waals surface area contributed by atoms with Crippen LogP contribution in [0.4, 0.5) is 0 Å². The predicted molar refractivity (Wildman–Crippen MR) is 75.3 cm³/mol. The fourth-order valence-electron chi connectivity index (χ4n) is 1.63. The topological polar surface area (TPSA) is 94.1 Å². The Balaban J connectivity index is 3.02. The van der Waals surface area contributed by atoms with Crippen LogP contribution < -0.4 is 14.8 Å². The minimum absolute atomic E-state index is 0.151. The third-order valence-corrected chi connectivity index (χ3v) is 2.91. The van der Waals surface area contributed by atoms with Crippen molar-refractivity contribution in [2.75, 3.05) is 27.9 Å². The van der Waals surface area contributed by atoms with E-state index in [-0.39, 0.29) is 22.9 Å². The van der Waals surface area contributed by atoms with Crippen LogP contribution in [0.25, 0.3) is 0 Å². The van der Waals surface area contributed by atoms with Crippen LogP contribution in [0.15, 0.2) is 12.1 Å². The van der Waals surface area contributed by atoms with Crippen molar-refractivity contribution in [1.29, 1.82) is 0 Å². The molecule has 0 saturated heterocycles. The van der Waals surface area contributed by atoms with Crippen LogP contribution in [0.1, 0.15) is 10.4 Å². The molecule has 1 atom stereocenters. The fraction of sp³-hybridized carbons (Fsp3) is 0.385. The molecule has 0 fully saturated rings. The number of carboxylic acids is 1. The lowest BCUT2D eigenvalue weighted by molar-refractivity contribution is -0.140. The molecule has 2 N–H and O–H groups in total. The number of nitrogens with one attached hydrogen (secondary N) is 1. The SMILES string of the molecule is COCC(NC(=O)c1cc(Cl)c(OC)c(OC)c1)C(=O)O. The van der Waals surface area contributed by atoms with Crippen molar-refractivity contribution in [2.45, 2.75) is 6.04 Å². The van der Waals surface area contributed by atoms with Gasteiger partial charge in [-0.1, -0.05) is 11.6 Å². The third kappa shape index (κ3) is 4.24. The van der Waals surface area contributed by atoms with E-state index in [9.17, 15) is 9.59 Å². The quantitative estimate of drug-likeness (QED) is 0.784. The summed E-state index contributed by atoms with van der Waals surface area (Å²) in [6.45, 7) is -0.151. The molecule has 0 radical (unpaired) electrons. The van der Waals surface area contributed by atoms with Crippen LogP contribution in [0.2, 0.25) is 5.02 Å². The standard InChI is InChI=1S/C13H16ClNO6/c1-19-6-9(13(17)18)15-12(16)7-4-8(14)11(21-3)10(5-7)20-2/h4-5,9H,6H2,1-3H3,(H,15,16)(H,17,18). The number of methoxy groups -OCH3 is 3. The number of benzene rings is 1. The monoisotopic (exact) mass is 317 g/mol. The van der Waals surface area contributed by atoms with Gasteiger partial charge in [0.25, 0.3) is 5.91 Å². The zero-order valence-electron chi connectivity index (χ0n) is 11.8. The Morgan fingerprint density at radius 3 is 2.43 bits per heavy atom. The summed E-state index contributed by atoms with van der Waals surface area (Å²) in [5, 5.41) is 11.5. The van der Waals surface area contributed by atoms with Crippen LogP contribution >= 0.6 is 11.6 Å². The van der Waals surface area contributed by atoms with Crippen LogP contribution in [0.3, 0.4) is 0 Å². The summed E-state index contributed by atoms with van der Waals surface area (Å²) in [6, 6.07) is 1.62. The van der Waals surface area contributed by atoms with Gasteiger partial charge in [0.2, 0.25) is 0 Å². The first-order valence-corrected chi connectivity index (χ1v) is 6.26. The summed E-state index contributed by atoms with van der Waals surface area (Å²) < 4.78 is 14.9. The van der Waals surface area contributed by atoms with Gasteiger partial charge in [0, 0.05) is 12.7 Å². The molecule has 1 aromatic carbocycles. The molecular formula is C13H16ClNO6.